The maximum Gasteiger partial charge on any atom is 0.146 e. The highest BCUT2D eigenvalue weighted by molar-refractivity contribution is 5.83. The molecule has 0 heterocycles. The van der Waals surface area contributed by atoms with E-state index in [9.17, 15) is 4.39 Å². The first-order chi connectivity index (χ1) is 10.3. The summed E-state index contributed by atoms with van der Waals surface area (Å²) in [5.74, 6) is 0.576. The molecule has 0 aliphatic rings. The minimum atomic E-state index is -0.247. The second-order valence-electron chi connectivity index (χ2n) is 4.76. The van der Waals surface area contributed by atoms with Gasteiger partial charge in [0.05, 0.1) is 5.69 Å². The van der Waals surface area contributed by atoms with Gasteiger partial charge in [-0.3, -0.25) is 0 Å². The molecule has 0 spiro atoms. The molecule has 0 aliphatic heterocycles. The van der Waals surface area contributed by atoms with Crippen LogP contribution in [0, 0.1) is 5.82 Å². The van der Waals surface area contributed by atoms with Crippen molar-refractivity contribution in [2.75, 3.05) is 18.5 Å². The van der Waals surface area contributed by atoms with Crippen LogP contribution in [0.3, 0.4) is 0 Å². The fourth-order valence-electron chi connectivity index (χ4n) is 2.22. The Morgan fingerprint density at radius 1 is 0.857 bits per heavy atom. The topological polar surface area (TPSA) is 21.3 Å². The van der Waals surface area contributed by atoms with Crippen molar-refractivity contribution in [3.8, 4) is 5.75 Å². The molecule has 0 atom stereocenters. The Morgan fingerprint density at radius 3 is 2.48 bits per heavy atom. The first kappa shape index (κ1) is 13.4. The van der Waals surface area contributed by atoms with E-state index >= 15 is 0 Å². The number of benzene rings is 3. The fraction of sp³-hybridized carbons (Fsp3) is 0.111. The molecular weight excluding hydrogens is 265 g/mol. The Balaban J connectivity index is 1.56. The molecule has 3 heteroatoms. The highest BCUT2D eigenvalue weighted by Gasteiger charge is 2.00. The van der Waals surface area contributed by atoms with E-state index in [2.05, 4.69) is 17.4 Å². The summed E-state index contributed by atoms with van der Waals surface area (Å²) in [7, 11) is 0. The van der Waals surface area contributed by atoms with Gasteiger partial charge in [0, 0.05) is 6.54 Å². The summed E-state index contributed by atoms with van der Waals surface area (Å²) in [6, 6.07) is 20.8. The Bertz CT molecular complexity index is 742. The fourth-order valence-corrected chi connectivity index (χ4v) is 2.22. The Labute approximate surface area is 123 Å². The molecule has 0 unspecified atom stereocenters. The summed E-state index contributed by atoms with van der Waals surface area (Å²) in [6.45, 7) is 1.03. The van der Waals surface area contributed by atoms with Gasteiger partial charge in [-0.15, -0.1) is 0 Å². The van der Waals surface area contributed by atoms with E-state index in [0.29, 0.717) is 18.8 Å². The lowest BCUT2D eigenvalue weighted by Crippen LogP contribution is -2.12. The predicted octanol–water partition coefficient (Wildman–Crippen LogP) is 4.47. The average molecular weight is 281 g/mol. The number of fused-ring (bicyclic) bond motifs is 1. The number of halogens is 1. The lowest BCUT2D eigenvalue weighted by molar-refractivity contribution is 0.333. The van der Waals surface area contributed by atoms with E-state index in [1.807, 2.05) is 30.3 Å². The van der Waals surface area contributed by atoms with Gasteiger partial charge in [0.1, 0.15) is 18.2 Å². The van der Waals surface area contributed by atoms with E-state index < -0.39 is 0 Å². The van der Waals surface area contributed by atoms with Gasteiger partial charge < -0.3 is 10.1 Å². The van der Waals surface area contributed by atoms with Crippen LogP contribution in [0.1, 0.15) is 0 Å². The quantitative estimate of drug-likeness (QED) is 0.697. The second-order valence-corrected chi connectivity index (χ2v) is 4.76. The van der Waals surface area contributed by atoms with Crippen LogP contribution in [0.2, 0.25) is 0 Å². The molecule has 1 N–H and O–H groups in total. The molecule has 2 nitrogen and oxygen atoms in total. The molecular formula is C18H16FNO. The third-order valence-corrected chi connectivity index (χ3v) is 3.28. The minimum Gasteiger partial charge on any atom is -0.492 e. The van der Waals surface area contributed by atoms with Crippen molar-refractivity contribution in [1.82, 2.24) is 0 Å². The van der Waals surface area contributed by atoms with Gasteiger partial charge in [0.15, 0.2) is 0 Å². The van der Waals surface area contributed by atoms with Gasteiger partial charge in [0.25, 0.3) is 0 Å². The van der Waals surface area contributed by atoms with Crippen molar-refractivity contribution < 1.29 is 9.13 Å². The van der Waals surface area contributed by atoms with E-state index in [1.54, 1.807) is 18.2 Å². The van der Waals surface area contributed by atoms with Crippen LogP contribution >= 0.6 is 0 Å². The van der Waals surface area contributed by atoms with Crippen molar-refractivity contribution in [3.63, 3.8) is 0 Å². The van der Waals surface area contributed by atoms with Gasteiger partial charge >= 0.3 is 0 Å². The number of para-hydroxylation sites is 1. The van der Waals surface area contributed by atoms with Crippen LogP contribution in [0.5, 0.6) is 5.75 Å². The lowest BCUT2D eigenvalue weighted by atomic mass is 10.1. The molecule has 3 rings (SSSR count). The van der Waals surface area contributed by atoms with Crippen molar-refractivity contribution in [2.45, 2.75) is 0 Å². The number of rotatable bonds is 5. The molecule has 0 saturated carbocycles. The number of hydrogen-bond acceptors (Lipinski definition) is 2. The summed E-state index contributed by atoms with van der Waals surface area (Å²) in [5.41, 5.74) is 0.500. The summed E-state index contributed by atoms with van der Waals surface area (Å²) in [4.78, 5) is 0. The van der Waals surface area contributed by atoms with Crippen LogP contribution < -0.4 is 10.1 Å². The maximum atomic E-state index is 13.4. The summed E-state index contributed by atoms with van der Waals surface area (Å²) >= 11 is 0. The molecule has 0 bridgehead atoms. The van der Waals surface area contributed by atoms with Crippen molar-refractivity contribution in [2.24, 2.45) is 0 Å². The normalized spacial score (nSPS) is 10.5. The Kier molecular flexibility index (Phi) is 4.01. The number of anilines is 1. The Morgan fingerprint density at radius 2 is 1.62 bits per heavy atom. The number of hydrogen-bond donors (Lipinski definition) is 1. The lowest BCUT2D eigenvalue weighted by Gasteiger charge is -2.10. The van der Waals surface area contributed by atoms with Gasteiger partial charge in [-0.2, -0.15) is 0 Å². The van der Waals surface area contributed by atoms with Gasteiger partial charge in [-0.25, -0.2) is 4.39 Å². The van der Waals surface area contributed by atoms with Crippen molar-refractivity contribution in [1.29, 1.82) is 0 Å². The van der Waals surface area contributed by atoms with E-state index in [4.69, 9.17) is 4.74 Å². The summed E-state index contributed by atoms with van der Waals surface area (Å²) in [6.07, 6.45) is 0. The van der Waals surface area contributed by atoms with Crippen LogP contribution in [0.15, 0.2) is 66.7 Å². The van der Waals surface area contributed by atoms with Crippen LogP contribution in [-0.2, 0) is 0 Å². The van der Waals surface area contributed by atoms with Crippen LogP contribution in [0.25, 0.3) is 10.8 Å². The van der Waals surface area contributed by atoms with Crippen molar-refractivity contribution in [3.05, 3.63) is 72.5 Å². The zero-order valence-corrected chi connectivity index (χ0v) is 11.6. The smallest absolute Gasteiger partial charge is 0.146 e. The molecule has 106 valence electrons. The number of nitrogens with one attached hydrogen (secondary N) is 1. The van der Waals surface area contributed by atoms with Gasteiger partial charge in [0.2, 0.25) is 0 Å². The largest absolute Gasteiger partial charge is 0.492 e. The molecule has 0 radical (unpaired) electrons. The van der Waals surface area contributed by atoms with Gasteiger partial charge in [-0.05, 0) is 35.0 Å². The molecule has 3 aromatic carbocycles. The maximum absolute atomic E-state index is 13.4. The first-order valence-corrected chi connectivity index (χ1v) is 6.93. The van der Waals surface area contributed by atoms with E-state index in [0.717, 1.165) is 11.1 Å². The summed E-state index contributed by atoms with van der Waals surface area (Å²) in [5, 5.41) is 5.36. The Hall–Kier alpha value is -2.55. The zero-order valence-electron chi connectivity index (χ0n) is 11.6. The minimum absolute atomic E-state index is 0.247. The number of ether oxygens (including phenoxy) is 1. The van der Waals surface area contributed by atoms with Crippen molar-refractivity contribution >= 4 is 16.5 Å². The summed E-state index contributed by atoms with van der Waals surface area (Å²) < 4.78 is 19.1. The highest BCUT2D eigenvalue weighted by Crippen LogP contribution is 2.20. The molecule has 0 saturated heterocycles. The van der Waals surface area contributed by atoms with E-state index in [1.165, 1.54) is 11.5 Å². The SMILES string of the molecule is Fc1ccccc1NCCOc1ccc2ccccc2c1. The average Bonchev–Trinajstić information content (AvgIpc) is 2.53. The monoisotopic (exact) mass is 281 g/mol. The zero-order chi connectivity index (χ0) is 14.5. The van der Waals surface area contributed by atoms with E-state index in [-0.39, 0.29) is 5.82 Å². The molecule has 0 aromatic heterocycles. The molecule has 0 amide bonds. The standard InChI is InChI=1S/C18H16FNO/c19-17-7-3-4-8-18(17)20-11-12-21-16-10-9-14-5-1-2-6-15(14)13-16/h1-10,13,20H,11-12H2. The first-order valence-electron chi connectivity index (χ1n) is 6.93. The second kappa shape index (κ2) is 6.27. The predicted molar refractivity (Wildman–Crippen MR) is 84.3 cm³/mol. The highest BCUT2D eigenvalue weighted by atomic mass is 19.1. The molecule has 3 aromatic rings. The van der Waals surface area contributed by atoms with Gasteiger partial charge in [-0.1, -0.05) is 42.5 Å². The third-order valence-electron chi connectivity index (χ3n) is 3.28. The molecule has 0 aliphatic carbocycles. The molecule has 21 heavy (non-hydrogen) atoms. The molecule has 0 fully saturated rings. The van der Waals surface area contributed by atoms with Crippen LogP contribution in [-0.4, -0.2) is 13.2 Å². The van der Waals surface area contributed by atoms with Crippen LogP contribution in [0.4, 0.5) is 10.1 Å². The third kappa shape index (κ3) is 3.31.